The molecular weight excluding hydrogens is 376 g/mol. The van der Waals surface area contributed by atoms with Crippen molar-refractivity contribution >= 4 is 5.97 Å². The van der Waals surface area contributed by atoms with E-state index < -0.39 is 0 Å². The van der Waals surface area contributed by atoms with Crippen molar-refractivity contribution in [2.75, 3.05) is 13.7 Å². The summed E-state index contributed by atoms with van der Waals surface area (Å²) in [5.41, 5.74) is 0. The fourth-order valence-corrected chi connectivity index (χ4v) is 6.04. The minimum absolute atomic E-state index is 0.0194. The lowest BCUT2D eigenvalue weighted by Crippen LogP contribution is -2.35. The van der Waals surface area contributed by atoms with E-state index >= 15 is 0 Å². The topological polar surface area (TPSA) is 44.8 Å². The van der Waals surface area contributed by atoms with E-state index in [9.17, 15) is 4.79 Å². The number of methoxy groups -OCH3 is 1. The van der Waals surface area contributed by atoms with Gasteiger partial charge < -0.3 is 14.2 Å². The predicted molar refractivity (Wildman–Crippen MR) is 120 cm³/mol. The molecule has 172 valence electrons. The van der Waals surface area contributed by atoms with Crippen LogP contribution in [0.25, 0.3) is 0 Å². The highest BCUT2D eigenvalue weighted by Gasteiger charge is 2.35. The van der Waals surface area contributed by atoms with Gasteiger partial charge in [-0.05, 0) is 102 Å². The van der Waals surface area contributed by atoms with Crippen LogP contribution in [0.5, 0.6) is 0 Å². The van der Waals surface area contributed by atoms with Crippen molar-refractivity contribution in [3.63, 3.8) is 0 Å². The van der Waals surface area contributed by atoms with Crippen molar-refractivity contribution in [2.24, 2.45) is 23.7 Å². The van der Waals surface area contributed by atoms with Gasteiger partial charge in [0.2, 0.25) is 0 Å². The molecule has 0 spiro atoms. The highest BCUT2D eigenvalue weighted by molar-refractivity contribution is 5.72. The van der Waals surface area contributed by atoms with Gasteiger partial charge in [-0.15, -0.1) is 0 Å². The molecule has 0 heterocycles. The van der Waals surface area contributed by atoms with Crippen LogP contribution in [0.15, 0.2) is 12.2 Å². The Hall–Kier alpha value is -0.870. The molecule has 0 saturated heterocycles. The van der Waals surface area contributed by atoms with E-state index in [4.69, 9.17) is 14.2 Å². The summed E-state index contributed by atoms with van der Waals surface area (Å²) in [6.07, 6.45) is 18.9. The summed E-state index contributed by atoms with van der Waals surface area (Å²) in [6.45, 7) is 4.88. The summed E-state index contributed by atoms with van der Waals surface area (Å²) < 4.78 is 17.4. The van der Waals surface area contributed by atoms with E-state index in [1.54, 1.807) is 7.11 Å². The zero-order valence-corrected chi connectivity index (χ0v) is 19.5. The fraction of sp³-hybridized carbons (Fsp3) is 0.885. The third-order valence-electron chi connectivity index (χ3n) is 8.12. The third-order valence-corrected chi connectivity index (χ3v) is 8.12. The molecule has 0 aromatic heterocycles. The molecule has 3 atom stereocenters. The molecule has 4 heteroatoms. The summed E-state index contributed by atoms with van der Waals surface area (Å²) in [7, 11) is 1.80. The lowest BCUT2D eigenvalue weighted by molar-refractivity contribution is -0.159. The Labute approximate surface area is 184 Å². The minimum Gasteiger partial charge on any atom is -0.462 e. The van der Waals surface area contributed by atoms with Gasteiger partial charge in [0.1, 0.15) is 6.10 Å². The largest absolute Gasteiger partial charge is 0.462 e. The Balaban J connectivity index is 1.35. The maximum absolute atomic E-state index is 12.8. The molecule has 0 bridgehead atoms. The number of carbonyl (C=O) groups is 1. The predicted octanol–water partition coefficient (Wildman–Crippen LogP) is 6.08. The average Bonchev–Trinajstić information content (AvgIpc) is 2.80. The first-order valence-electron chi connectivity index (χ1n) is 12.6. The highest BCUT2D eigenvalue weighted by Crippen LogP contribution is 2.41. The van der Waals surface area contributed by atoms with Crippen LogP contribution in [0.3, 0.4) is 0 Å². The third kappa shape index (κ3) is 6.82. The van der Waals surface area contributed by atoms with Crippen LogP contribution < -0.4 is 0 Å². The molecule has 3 fully saturated rings. The molecule has 0 radical (unpaired) electrons. The van der Waals surface area contributed by atoms with Gasteiger partial charge in [0.05, 0.1) is 24.7 Å². The summed E-state index contributed by atoms with van der Waals surface area (Å²) in [6, 6.07) is 0. The fourth-order valence-electron chi connectivity index (χ4n) is 6.04. The second-order valence-corrected chi connectivity index (χ2v) is 9.98. The smallest absolute Gasteiger partial charge is 0.309 e. The zero-order valence-electron chi connectivity index (χ0n) is 19.5. The number of carbonyl (C=O) groups excluding carboxylic acids is 1. The highest BCUT2D eigenvalue weighted by atomic mass is 16.5. The first-order chi connectivity index (χ1) is 14.6. The standard InChI is InChI=1S/C26H44O4/c1-4-5-17-29-24-15-13-21(14-16-24)20-9-11-22(12-10-20)26(27)30-19(2)23-7-6-8-25(18-23)28-3/h4-5,19-25H,6-18H2,1-3H3/b5-4+. The van der Waals surface area contributed by atoms with Gasteiger partial charge in [0.15, 0.2) is 0 Å². The van der Waals surface area contributed by atoms with Crippen LogP contribution in [0, 0.1) is 23.7 Å². The van der Waals surface area contributed by atoms with Crippen LogP contribution in [0.1, 0.15) is 90.9 Å². The van der Waals surface area contributed by atoms with Gasteiger partial charge in [-0.25, -0.2) is 0 Å². The van der Waals surface area contributed by atoms with Crippen LogP contribution in [-0.4, -0.2) is 38.0 Å². The van der Waals surface area contributed by atoms with E-state index in [1.165, 1.54) is 44.9 Å². The van der Waals surface area contributed by atoms with E-state index in [1.807, 2.05) is 6.92 Å². The van der Waals surface area contributed by atoms with E-state index in [0.717, 1.165) is 50.5 Å². The minimum atomic E-state index is 0.0194. The number of hydrogen-bond donors (Lipinski definition) is 0. The van der Waals surface area contributed by atoms with Gasteiger partial charge in [0, 0.05) is 7.11 Å². The first kappa shape index (κ1) is 23.8. The lowest BCUT2D eigenvalue weighted by atomic mass is 9.70. The van der Waals surface area contributed by atoms with Gasteiger partial charge >= 0.3 is 5.97 Å². The summed E-state index contributed by atoms with van der Waals surface area (Å²) in [5, 5.41) is 0. The summed E-state index contributed by atoms with van der Waals surface area (Å²) >= 11 is 0. The molecule has 0 amide bonds. The Morgan fingerprint density at radius 3 is 2.23 bits per heavy atom. The zero-order chi connectivity index (χ0) is 21.3. The van der Waals surface area contributed by atoms with Crippen molar-refractivity contribution in [3.8, 4) is 0 Å². The molecule has 0 N–H and O–H groups in total. The average molecular weight is 421 g/mol. The Morgan fingerprint density at radius 2 is 1.60 bits per heavy atom. The van der Waals surface area contributed by atoms with E-state index in [0.29, 0.717) is 18.1 Å². The molecule has 4 nitrogen and oxygen atoms in total. The monoisotopic (exact) mass is 420 g/mol. The van der Waals surface area contributed by atoms with Crippen molar-refractivity contribution in [1.82, 2.24) is 0 Å². The Morgan fingerprint density at radius 1 is 0.933 bits per heavy atom. The van der Waals surface area contributed by atoms with Crippen molar-refractivity contribution in [3.05, 3.63) is 12.2 Å². The number of allylic oxidation sites excluding steroid dienone is 1. The van der Waals surface area contributed by atoms with Gasteiger partial charge in [0.25, 0.3) is 0 Å². The summed E-state index contributed by atoms with van der Waals surface area (Å²) in [4.78, 5) is 12.8. The molecule has 3 saturated carbocycles. The van der Waals surface area contributed by atoms with Crippen LogP contribution in [0.4, 0.5) is 0 Å². The molecule has 0 aliphatic heterocycles. The van der Waals surface area contributed by atoms with Crippen molar-refractivity contribution in [2.45, 2.75) is 109 Å². The maximum atomic E-state index is 12.8. The van der Waals surface area contributed by atoms with E-state index in [-0.39, 0.29) is 18.0 Å². The Kier molecular flexibility index (Phi) is 9.70. The van der Waals surface area contributed by atoms with Crippen LogP contribution >= 0.6 is 0 Å². The molecule has 3 rings (SSSR count). The van der Waals surface area contributed by atoms with E-state index in [2.05, 4.69) is 19.1 Å². The molecular formula is C26H44O4. The van der Waals surface area contributed by atoms with Crippen molar-refractivity contribution in [1.29, 1.82) is 0 Å². The number of esters is 1. The second kappa shape index (κ2) is 12.2. The second-order valence-electron chi connectivity index (χ2n) is 9.98. The number of hydrogen-bond acceptors (Lipinski definition) is 4. The van der Waals surface area contributed by atoms with Gasteiger partial charge in [-0.3, -0.25) is 4.79 Å². The molecule has 0 aromatic rings. The molecule has 30 heavy (non-hydrogen) atoms. The van der Waals surface area contributed by atoms with Crippen LogP contribution in [0.2, 0.25) is 0 Å². The SMILES string of the molecule is C/C=C/COC1CCC(C2CCC(C(=O)OC(C)C3CCCC(OC)C3)CC2)CC1. The van der Waals surface area contributed by atoms with Gasteiger partial charge in [-0.1, -0.05) is 18.6 Å². The molecule has 3 aliphatic rings. The van der Waals surface area contributed by atoms with Crippen LogP contribution in [-0.2, 0) is 19.0 Å². The quantitative estimate of drug-likeness (QED) is 0.352. The molecule has 0 aromatic carbocycles. The first-order valence-corrected chi connectivity index (χ1v) is 12.6. The number of ether oxygens (including phenoxy) is 3. The Bertz CT molecular complexity index is 529. The van der Waals surface area contributed by atoms with Gasteiger partial charge in [-0.2, -0.15) is 0 Å². The molecule has 3 aliphatic carbocycles. The lowest BCUT2D eigenvalue weighted by Gasteiger charge is -2.37. The van der Waals surface area contributed by atoms with Crippen molar-refractivity contribution < 1.29 is 19.0 Å². The molecule has 3 unspecified atom stereocenters. The summed E-state index contributed by atoms with van der Waals surface area (Å²) in [5.74, 6) is 2.25. The normalized spacial score (nSPS) is 36.5. The maximum Gasteiger partial charge on any atom is 0.309 e. The number of rotatable bonds is 8.